The van der Waals surface area contributed by atoms with E-state index in [-0.39, 0.29) is 0 Å². The zero-order chi connectivity index (χ0) is 33.2. The van der Waals surface area contributed by atoms with Gasteiger partial charge in [0.1, 0.15) is 0 Å². The third kappa shape index (κ3) is 3.57. The third-order valence-corrected chi connectivity index (χ3v) is 11.1. The van der Waals surface area contributed by atoms with E-state index in [1.165, 1.54) is 104 Å². The van der Waals surface area contributed by atoms with Crippen LogP contribution in [0.4, 0.5) is 0 Å². The summed E-state index contributed by atoms with van der Waals surface area (Å²) in [5.74, 6) is 0. The fourth-order valence-corrected chi connectivity index (χ4v) is 8.99. The molecule has 0 saturated heterocycles. The van der Waals surface area contributed by atoms with Crippen LogP contribution in [-0.4, -0.2) is 13.5 Å². The summed E-state index contributed by atoms with van der Waals surface area (Å²) >= 11 is 0. The van der Waals surface area contributed by atoms with Gasteiger partial charge in [0, 0.05) is 54.5 Å². The van der Waals surface area contributed by atoms with Crippen molar-refractivity contribution >= 4 is 81.7 Å². The highest BCUT2D eigenvalue weighted by Gasteiger charge is 2.22. The highest BCUT2D eigenvalue weighted by Crippen LogP contribution is 2.45. The summed E-state index contributed by atoms with van der Waals surface area (Å²) in [7, 11) is 0. The average molecular weight is 648 g/mol. The first-order valence-corrected chi connectivity index (χ1v) is 17.6. The van der Waals surface area contributed by atoms with Crippen LogP contribution in [0.5, 0.6) is 0 Å². The van der Waals surface area contributed by atoms with Crippen LogP contribution in [0, 0.1) is 0 Å². The van der Waals surface area contributed by atoms with E-state index in [4.69, 9.17) is 0 Å². The number of benzene rings is 8. The second kappa shape index (κ2) is 9.87. The van der Waals surface area contributed by atoms with Crippen molar-refractivity contribution in [1.82, 2.24) is 13.5 Å². The Morgan fingerprint density at radius 2 is 0.686 bits per heavy atom. The van der Waals surface area contributed by atoms with E-state index in [1.54, 1.807) is 0 Å². The molecule has 3 heteroatoms. The van der Waals surface area contributed by atoms with Crippen LogP contribution in [0.1, 0.15) is 0 Å². The minimum atomic E-state index is 1.17. The molecule has 0 radical (unpaired) electrons. The Morgan fingerprint density at radius 1 is 0.255 bits per heavy atom. The molecule has 0 saturated carbocycles. The number of para-hydroxylation sites is 5. The van der Waals surface area contributed by atoms with Crippen LogP contribution in [-0.2, 0) is 0 Å². The Kier molecular flexibility index (Phi) is 5.23. The highest BCUT2D eigenvalue weighted by molar-refractivity contribution is 6.27. The SMILES string of the molecule is c1ccc(-n2c3ccccc3c3cc(-c4cc5c6ccccc6n6c7cc8c9ccccc9n(-c9ccccc9)c8cc7c(c4)c56)ccc32)cc1. The molecule has 4 heterocycles. The molecular formula is C48H29N3. The van der Waals surface area contributed by atoms with Gasteiger partial charge >= 0.3 is 0 Å². The van der Waals surface area contributed by atoms with Crippen LogP contribution in [0.2, 0.25) is 0 Å². The van der Waals surface area contributed by atoms with Crippen LogP contribution >= 0.6 is 0 Å². The molecule has 12 rings (SSSR count). The smallest absolute Gasteiger partial charge is 0.0620 e. The van der Waals surface area contributed by atoms with Crippen molar-refractivity contribution in [2.45, 2.75) is 0 Å². The molecular weight excluding hydrogens is 619 g/mol. The van der Waals surface area contributed by atoms with Crippen molar-refractivity contribution in [3.8, 4) is 22.5 Å². The summed E-state index contributed by atoms with van der Waals surface area (Å²) in [6.45, 7) is 0. The fraction of sp³-hybridized carbons (Fsp3) is 0. The van der Waals surface area contributed by atoms with Gasteiger partial charge in [-0.25, -0.2) is 0 Å². The van der Waals surface area contributed by atoms with Gasteiger partial charge in [-0.15, -0.1) is 0 Å². The standard InChI is InChI=1S/C48H29N3/c1-3-13-32(14-4-1)49-42-20-10-7-17-34(42)37-25-30(23-24-45(37)49)31-26-40-36-19-9-12-22-44(36)51-47-28-38-35-18-8-11-21-43(35)50(33-15-5-2-6-16-33)46(38)29-39(47)41(27-31)48(40)51/h1-29H. The topological polar surface area (TPSA) is 14.3 Å². The summed E-state index contributed by atoms with van der Waals surface area (Å²) in [4.78, 5) is 0. The number of aromatic nitrogens is 3. The zero-order valence-corrected chi connectivity index (χ0v) is 27.6. The average Bonchev–Trinajstić information content (AvgIpc) is 3.91. The Morgan fingerprint density at radius 3 is 1.33 bits per heavy atom. The Hall–Kier alpha value is -6.84. The second-order valence-corrected chi connectivity index (χ2v) is 13.8. The van der Waals surface area contributed by atoms with Crippen LogP contribution in [0.25, 0.3) is 104 Å². The minimum Gasteiger partial charge on any atom is -0.309 e. The molecule has 0 fully saturated rings. The molecule has 4 aromatic heterocycles. The normalized spacial score (nSPS) is 12.3. The lowest BCUT2D eigenvalue weighted by atomic mass is 9.97. The van der Waals surface area contributed by atoms with E-state index in [0.29, 0.717) is 0 Å². The molecule has 0 spiro atoms. The number of hydrogen-bond acceptors (Lipinski definition) is 0. The number of nitrogens with zero attached hydrogens (tertiary/aromatic N) is 3. The Balaban J connectivity index is 1.19. The Labute approximate surface area is 292 Å². The van der Waals surface area contributed by atoms with E-state index >= 15 is 0 Å². The summed E-state index contributed by atoms with van der Waals surface area (Å²) < 4.78 is 7.32. The van der Waals surface area contributed by atoms with Gasteiger partial charge in [-0.2, -0.15) is 0 Å². The lowest BCUT2D eigenvalue weighted by Gasteiger charge is -2.09. The van der Waals surface area contributed by atoms with E-state index in [0.717, 1.165) is 0 Å². The molecule has 51 heavy (non-hydrogen) atoms. The minimum absolute atomic E-state index is 1.17. The summed E-state index contributed by atoms with van der Waals surface area (Å²) in [5, 5.41) is 10.2. The predicted molar refractivity (Wildman–Crippen MR) is 215 cm³/mol. The van der Waals surface area contributed by atoms with Crippen molar-refractivity contribution in [1.29, 1.82) is 0 Å². The van der Waals surface area contributed by atoms with Crippen molar-refractivity contribution in [2.75, 3.05) is 0 Å². The fourth-order valence-electron chi connectivity index (χ4n) is 8.99. The lowest BCUT2D eigenvalue weighted by molar-refractivity contribution is 1.18. The second-order valence-electron chi connectivity index (χ2n) is 13.8. The van der Waals surface area contributed by atoms with E-state index in [1.807, 2.05) is 0 Å². The van der Waals surface area contributed by atoms with Gasteiger partial charge < -0.3 is 13.5 Å². The summed E-state index contributed by atoms with van der Waals surface area (Å²) in [6, 6.07) is 64.7. The van der Waals surface area contributed by atoms with Gasteiger partial charge in [-0.3, -0.25) is 0 Å². The van der Waals surface area contributed by atoms with Crippen molar-refractivity contribution in [2.24, 2.45) is 0 Å². The van der Waals surface area contributed by atoms with Gasteiger partial charge in [0.2, 0.25) is 0 Å². The van der Waals surface area contributed by atoms with Crippen molar-refractivity contribution in [3.05, 3.63) is 176 Å². The molecule has 0 bridgehead atoms. The van der Waals surface area contributed by atoms with Crippen molar-refractivity contribution < 1.29 is 0 Å². The first-order chi connectivity index (χ1) is 25.3. The molecule has 0 amide bonds. The zero-order valence-electron chi connectivity index (χ0n) is 27.6. The highest BCUT2D eigenvalue weighted by atomic mass is 15.0. The lowest BCUT2D eigenvalue weighted by Crippen LogP contribution is -1.93. The molecule has 0 aliphatic carbocycles. The Bertz CT molecular complexity index is 3340. The first-order valence-electron chi connectivity index (χ1n) is 17.6. The summed E-state index contributed by atoms with van der Waals surface area (Å²) in [6.07, 6.45) is 0. The van der Waals surface area contributed by atoms with E-state index in [2.05, 4.69) is 189 Å². The monoisotopic (exact) mass is 647 g/mol. The van der Waals surface area contributed by atoms with Gasteiger partial charge in [-0.1, -0.05) is 97.1 Å². The first kappa shape index (κ1) is 27.0. The van der Waals surface area contributed by atoms with Gasteiger partial charge in [-0.05, 0) is 90.0 Å². The molecule has 0 aliphatic heterocycles. The van der Waals surface area contributed by atoms with Crippen LogP contribution < -0.4 is 0 Å². The van der Waals surface area contributed by atoms with Crippen LogP contribution in [0.3, 0.4) is 0 Å². The molecule has 0 unspecified atom stereocenters. The van der Waals surface area contributed by atoms with Gasteiger partial charge in [0.15, 0.2) is 0 Å². The van der Waals surface area contributed by atoms with Crippen molar-refractivity contribution in [3.63, 3.8) is 0 Å². The van der Waals surface area contributed by atoms with Crippen LogP contribution in [0.15, 0.2) is 176 Å². The maximum Gasteiger partial charge on any atom is 0.0620 e. The molecule has 0 N–H and O–H groups in total. The van der Waals surface area contributed by atoms with E-state index in [9.17, 15) is 0 Å². The molecule has 236 valence electrons. The number of hydrogen-bond donors (Lipinski definition) is 0. The third-order valence-electron chi connectivity index (χ3n) is 11.1. The predicted octanol–water partition coefficient (Wildman–Crippen LogP) is 12.7. The molecule has 12 aromatic rings. The number of rotatable bonds is 3. The summed E-state index contributed by atoms with van der Waals surface area (Å²) in [5.41, 5.74) is 13.5. The molecule has 0 aliphatic rings. The van der Waals surface area contributed by atoms with E-state index < -0.39 is 0 Å². The molecule has 8 aromatic carbocycles. The maximum atomic E-state index is 2.50. The molecule has 3 nitrogen and oxygen atoms in total. The largest absolute Gasteiger partial charge is 0.309 e. The number of fused-ring (bicyclic) bond motifs is 12. The van der Waals surface area contributed by atoms with Gasteiger partial charge in [0.05, 0.1) is 38.6 Å². The van der Waals surface area contributed by atoms with Gasteiger partial charge in [0.25, 0.3) is 0 Å². The quantitative estimate of drug-likeness (QED) is 0.181. The maximum absolute atomic E-state index is 2.50. The molecule has 0 atom stereocenters.